The van der Waals surface area contributed by atoms with Gasteiger partial charge in [-0.3, -0.25) is 9.59 Å². The highest BCUT2D eigenvalue weighted by Crippen LogP contribution is 2.40. The van der Waals surface area contributed by atoms with Crippen molar-refractivity contribution in [3.8, 4) is 17.2 Å². The number of methoxy groups -OCH3 is 3. The molecule has 0 atom stereocenters. The average Bonchev–Trinajstić information content (AvgIpc) is 2.59. The van der Waals surface area contributed by atoms with E-state index in [1.807, 2.05) is 19.0 Å². The molecule has 0 saturated heterocycles. The molecule has 0 fully saturated rings. The first-order chi connectivity index (χ1) is 12.2. The predicted molar refractivity (Wildman–Crippen MR) is 100 cm³/mol. The number of amides is 2. The fourth-order valence-corrected chi connectivity index (χ4v) is 2.16. The van der Waals surface area contributed by atoms with E-state index < -0.39 is 11.3 Å². The molecule has 0 aliphatic carbocycles. The Morgan fingerprint density at radius 3 is 1.96 bits per heavy atom. The number of nitrogens with zero attached hydrogens (tertiary/aromatic N) is 1. The Balaban J connectivity index is 2.93. The zero-order chi connectivity index (χ0) is 19.9. The van der Waals surface area contributed by atoms with Crippen molar-refractivity contribution < 1.29 is 23.8 Å². The van der Waals surface area contributed by atoms with Crippen molar-refractivity contribution in [3.05, 3.63) is 12.1 Å². The van der Waals surface area contributed by atoms with Crippen LogP contribution in [0.3, 0.4) is 0 Å². The van der Waals surface area contributed by atoms with Crippen LogP contribution >= 0.6 is 0 Å². The molecule has 0 spiro atoms. The quantitative estimate of drug-likeness (QED) is 0.641. The molecule has 2 N–H and O–H groups in total. The van der Waals surface area contributed by atoms with Crippen molar-refractivity contribution >= 4 is 17.5 Å². The number of carbonyl (C=O) groups excluding carboxylic acids is 2. The molecular formula is C18H29N3O5. The number of rotatable bonds is 9. The van der Waals surface area contributed by atoms with Crippen LogP contribution in [0, 0.1) is 5.41 Å². The van der Waals surface area contributed by atoms with Gasteiger partial charge in [0.25, 0.3) is 0 Å². The molecule has 26 heavy (non-hydrogen) atoms. The Bertz CT molecular complexity index is 619. The van der Waals surface area contributed by atoms with E-state index in [2.05, 4.69) is 10.6 Å². The maximum atomic E-state index is 12.6. The topological polar surface area (TPSA) is 89.1 Å². The van der Waals surface area contributed by atoms with Gasteiger partial charge < -0.3 is 29.7 Å². The third-order valence-electron chi connectivity index (χ3n) is 3.90. The molecule has 0 heterocycles. The number of carbonyl (C=O) groups is 2. The van der Waals surface area contributed by atoms with Crippen LogP contribution in [0.4, 0.5) is 5.69 Å². The summed E-state index contributed by atoms with van der Waals surface area (Å²) >= 11 is 0. The van der Waals surface area contributed by atoms with Crippen molar-refractivity contribution in [2.24, 2.45) is 5.41 Å². The highest BCUT2D eigenvalue weighted by molar-refractivity contribution is 6.10. The summed E-state index contributed by atoms with van der Waals surface area (Å²) in [5, 5.41) is 5.51. The van der Waals surface area contributed by atoms with Gasteiger partial charge in [0.05, 0.1) is 21.3 Å². The van der Waals surface area contributed by atoms with E-state index in [1.54, 1.807) is 26.0 Å². The van der Waals surface area contributed by atoms with E-state index in [-0.39, 0.29) is 5.91 Å². The molecular weight excluding hydrogens is 338 g/mol. The van der Waals surface area contributed by atoms with Gasteiger partial charge >= 0.3 is 0 Å². The van der Waals surface area contributed by atoms with Crippen LogP contribution in [-0.2, 0) is 9.59 Å². The summed E-state index contributed by atoms with van der Waals surface area (Å²) in [6.45, 7) is 4.31. The molecule has 0 unspecified atom stereocenters. The van der Waals surface area contributed by atoms with E-state index in [0.29, 0.717) is 36.0 Å². The van der Waals surface area contributed by atoms with Crippen LogP contribution < -0.4 is 24.8 Å². The van der Waals surface area contributed by atoms with Gasteiger partial charge in [0.15, 0.2) is 11.5 Å². The molecule has 1 aromatic carbocycles. The molecule has 0 aromatic heterocycles. The highest BCUT2D eigenvalue weighted by Gasteiger charge is 2.36. The number of likely N-dealkylation sites (N-methyl/N-ethyl adjacent to an activating group) is 1. The van der Waals surface area contributed by atoms with Gasteiger partial charge in [-0.05, 0) is 27.9 Å². The highest BCUT2D eigenvalue weighted by atomic mass is 16.5. The van der Waals surface area contributed by atoms with Gasteiger partial charge in [-0.1, -0.05) is 0 Å². The molecule has 2 amide bonds. The van der Waals surface area contributed by atoms with Gasteiger partial charge in [0.1, 0.15) is 5.41 Å². The predicted octanol–water partition coefficient (Wildman–Crippen LogP) is 1.35. The zero-order valence-corrected chi connectivity index (χ0v) is 16.6. The van der Waals surface area contributed by atoms with Crippen LogP contribution in [0.5, 0.6) is 17.2 Å². The lowest BCUT2D eigenvalue weighted by atomic mass is 9.91. The van der Waals surface area contributed by atoms with Crippen LogP contribution in [0.2, 0.25) is 0 Å². The maximum absolute atomic E-state index is 12.6. The first kappa shape index (κ1) is 21.6. The molecule has 0 aliphatic heterocycles. The Hall–Kier alpha value is -2.48. The SMILES string of the molecule is COc1cc(NC(=O)C(C)(C)C(=O)NCCN(C)C)cc(OC)c1OC. The largest absolute Gasteiger partial charge is 0.493 e. The van der Waals surface area contributed by atoms with Crippen molar-refractivity contribution in [3.63, 3.8) is 0 Å². The second kappa shape index (κ2) is 9.28. The second-order valence-corrected chi connectivity index (χ2v) is 6.55. The second-order valence-electron chi connectivity index (χ2n) is 6.55. The minimum absolute atomic E-state index is 0.343. The van der Waals surface area contributed by atoms with Crippen molar-refractivity contribution in [1.82, 2.24) is 10.2 Å². The molecule has 1 rings (SSSR count). The minimum Gasteiger partial charge on any atom is -0.493 e. The standard InChI is InChI=1S/C18H29N3O5/c1-18(2,16(22)19-8-9-21(3)4)17(23)20-12-10-13(24-5)15(26-7)14(11-12)25-6/h10-11H,8-9H2,1-7H3,(H,19,22)(H,20,23). The van der Waals surface area contributed by atoms with E-state index in [0.717, 1.165) is 0 Å². The zero-order valence-electron chi connectivity index (χ0n) is 16.6. The molecule has 0 saturated carbocycles. The Labute approximate surface area is 154 Å². The third-order valence-corrected chi connectivity index (χ3v) is 3.90. The molecule has 0 aliphatic rings. The molecule has 146 valence electrons. The first-order valence-corrected chi connectivity index (χ1v) is 8.21. The Kier molecular flexibility index (Phi) is 7.70. The van der Waals surface area contributed by atoms with E-state index in [1.165, 1.54) is 21.3 Å². The van der Waals surface area contributed by atoms with E-state index in [4.69, 9.17) is 14.2 Å². The van der Waals surface area contributed by atoms with E-state index >= 15 is 0 Å². The molecule has 0 radical (unpaired) electrons. The number of anilines is 1. The molecule has 8 nitrogen and oxygen atoms in total. The summed E-state index contributed by atoms with van der Waals surface area (Å²) in [6, 6.07) is 3.22. The van der Waals surface area contributed by atoms with Crippen molar-refractivity contribution in [1.29, 1.82) is 0 Å². The molecule has 1 aromatic rings. The lowest BCUT2D eigenvalue weighted by Gasteiger charge is -2.24. The molecule has 0 bridgehead atoms. The number of ether oxygens (including phenoxy) is 3. The van der Waals surface area contributed by atoms with Crippen LogP contribution in [0.25, 0.3) is 0 Å². The monoisotopic (exact) mass is 367 g/mol. The van der Waals surface area contributed by atoms with Gasteiger partial charge in [-0.15, -0.1) is 0 Å². The van der Waals surface area contributed by atoms with Gasteiger partial charge in [-0.25, -0.2) is 0 Å². The summed E-state index contributed by atoms with van der Waals surface area (Å²) < 4.78 is 15.8. The minimum atomic E-state index is -1.24. The Morgan fingerprint density at radius 2 is 1.54 bits per heavy atom. The summed E-state index contributed by atoms with van der Waals surface area (Å²) in [5.41, 5.74) is -0.800. The summed E-state index contributed by atoms with van der Waals surface area (Å²) in [5.74, 6) is 0.470. The fourth-order valence-electron chi connectivity index (χ4n) is 2.16. The Morgan fingerprint density at radius 1 is 1.00 bits per heavy atom. The number of benzene rings is 1. The van der Waals surface area contributed by atoms with Gasteiger partial charge in [0, 0.05) is 30.9 Å². The van der Waals surface area contributed by atoms with Gasteiger partial charge in [0.2, 0.25) is 17.6 Å². The third kappa shape index (κ3) is 5.26. The van der Waals surface area contributed by atoms with Crippen molar-refractivity contribution in [2.45, 2.75) is 13.8 Å². The van der Waals surface area contributed by atoms with E-state index in [9.17, 15) is 9.59 Å². The van der Waals surface area contributed by atoms with Crippen LogP contribution in [0.15, 0.2) is 12.1 Å². The lowest BCUT2D eigenvalue weighted by molar-refractivity contribution is -0.138. The summed E-state index contributed by atoms with van der Waals surface area (Å²) in [7, 11) is 8.30. The van der Waals surface area contributed by atoms with Crippen molar-refractivity contribution in [2.75, 3.05) is 53.8 Å². The fraction of sp³-hybridized carbons (Fsp3) is 0.556. The maximum Gasteiger partial charge on any atom is 0.239 e. The number of nitrogens with one attached hydrogen (secondary N) is 2. The first-order valence-electron chi connectivity index (χ1n) is 8.21. The molecule has 8 heteroatoms. The lowest BCUT2D eigenvalue weighted by Crippen LogP contribution is -2.46. The summed E-state index contributed by atoms with van der Waals surface area (Å²) in [4.78, 5) is 26.9. The average molecular weight is 367 g/mol. The van der Waals surface area contributed by atoms with Crippen LogP contribution in [0.1, 0.15) is 13.8 Å². The van der Waals surface area contributed by atoms with Gasteiger partial charge in [-0.2, -0.15) is 0 Å². The van der Waals surface area contributed by atoms with Crippen LogP contribution in [-0.4, -0.2) is 65.2 Å². The smallest absolute Gasteiger partial charge is 0.239 e. The number of hydrogen-bond donors (Lipinski definition) is 2. The number of hydrogen-bond acceptors (Lipinski definition) is 6. The summed E-state index contributed by atoms with van der Waals surface area (Å²) in [6.07, 6.45) is 0. The normalized spacial score (nSPS) is 11.1.